The topological polar surface area (TPSA) is 39.5 Å². The van der Waals surface area contributed by atoms with Crippen LogP contribution in [0.15, 0.2) is 28.1 Å². The lowest BCUT2D eigenvalue weighted by Crippen LogP contribution is -3.12. The minimum atomic E-state index is -0.580. The fraction of sp³-hybridized carbons (Fsp3) is 0.368. The maximum atomic E-state index is 14.2. The van der Waals surface area contributed by atoms with Crippen molar-refractivity contribution in [3.8, 4) is 0 Å². The molecule has 1 N–H and O–H groups in total. The molecule has 4 rings (SSSR count). The number of ether oxygens (including phenoxy) is 1. The van der Waals surface area contributed by atoms with E-state index in [2.05, 4.69) is 6.92 Å². The number of thiophene rings is 1. The average molecular weight is 409 g/mol. The van der Waals surface area contributed by atoms with Crippen molar-refractivity contribution in [2.45, 2.75) is 30.3 Å². The SMILES string of the molecule is Cc1sc2nc(C[NH+]3CCOCC3)nc(Sc3ccc(F)cc3F)c2c1C. The van der Waals surface area contributed by atoms with Gasteiger partial charge in [-0.3, -0.25) is 0 Å². The number of hydrogen-bond acceptors (Lipinski definition) is 5. The van der Waals surface area contributed by atoms with Crippen LogP contribution in [-0.4, -0.2) is 36.3 Å². The minimum absolute atomic E-state index is 0.365. The van der Waals surface area contributed by atoms with Crippen LogP contribution in [0.1, 0.15) is 16.3 Å². The van der Waals surface area contributed by atoms with E-state index in [9.17, 15) is 8.78 Å². The van der Waals surface area contributed by atoms with Gasteiger partial charge in [-0.15, -0.1) is 11.3 Å². The van der Waals surface area contributed by atoms with Gasteiger partial charge in [0.2, 0.25) is 0 Å². The number of halogens is 2. The summed E-state index contributed by atoms with van der Waals surface area (Å²) in [5.74, 6) is -0.397. The van der Waals surface area contributed by atoms with Gasteiger partial charge < -0.3 is 9.64 Å². The molecule has 1 aliphatic rings. The number of rotatable bonds is 4. The van der Waals surface area contributed by atoms with Gasteiger partial charge in [0.1, 0.15) is 41.1 Å². The largest absolute Gasteiger partial charge is 0.370 e. The Hall–Kier alpha value is -1.61. The molecule has 0 unspecified atom stereocenters. The Labute approximate surface area is 164 Å². The Morgan fingerprint density at radius 2 is 1.96 bits per heavy atom. The molecule has 1 aliphatic heterocycles. The first-order valence-corrected chi connectivity index (χ1v) is 10.5. The van der Waals surface area contributed by atoms with Gasteiger partial charge in [-0.25, -0.2) is 18.7 Å². The van der Waals surface area contributed by atoms with Gasteiger partial charge in [-0.05, 0) is 31.5 Å². The molecule has 8 heteroatoms. The molecule has 1 aromatic carbocycles. The van der Waals surface area contributed by atoms with Crippen LogP contribution in [0.3, 0.4) is 0 Å². The summed E-state index contributed by atoms with van der Waals surface area (Å²) in [4.78, 5) is 13.4. The van der Waals surface area contributed by atoms with Crippen LogP contribution in [-0.2, 0) is 11.3 Å². The maximum absolute atomic E-state index is 14.2. The predicted molar refractivity (Wildman–Crippen MR) is 103 cm³/mol. The number of aryl methyl sites for hydroxylation is 2. The summed E-state index contributed by atoms with van der Waals surface area (Å²) in [5.41, 5.74) is 1.12. The van der Waals surface area contributed by atoms with Gasteiger partial charge in [0, 0.05) is 21.2 Å². The molecule has 0 atom stereocenters. The zero-order valence-electron chi connectivity index (χ0n) is 15.1. The summed E-state index contributed by atoms with van der Waals surface area (Å²) in [7, 11) is 0. The number of quaternary nitrogens is 1. The molecule has 27 heavy (non-hydrogen) atoms. The summed E-state index contributed by atoms with van der Waals surface area (Å²) < 4.78 is 32.9. The van der Waals surface area contributed by atoms with Crippen LogP contribution < -0.4 is 4.90 Å². The second-order valence-electron chi connectivity index (χ2n) is 6.62. The Morgan fingerprint density at radius 3 is 2.70 bits per heavy atom. The number of nitrogens with one attached hydrogen (secondary N) is 1. The van der Waals surface area contributed by atoms with Crippen LogP contribution in [0.25, 0.3) is 10.2 Å². The highest BCUT2D eigenvalue weighted by Crippen LogP contribution is 2.38. The highest BCUT2D eigenvalue weighted by atomic mass is 32.2. The lowest BCUT2D eigenvalue weighted by atomic mass is 10.2. The van der Waals surface area contributed by atoms with Crippen molar-refractivity contribution < 1.29 is 18.4 Å². The molecule has 3 aromatic rings. The van der Waals surface area contributed by atoms with E-state index in [1.54, 1.807) is 11.3 Å². The first-order chi connectivity index (χ1) is 13.0. The summed E-state index contributed by atoms with van der Waals surface area (Å²) in [6.45, 7) is 8.16. The fourth-order valence-corrected chi connectivity index (χ4v) is 5.25. The average Bonchev–Trinajstić information content (AvgIpc) is 2.92. The molecule has 0 spiro atoms. The first kappa shape index (κ1) is 18.7. The Kier molecular flexibility index (Phi) is 5.41. The molecule has 0 saturated carbocycles. The van der Waals surface area contributed by atoms with Crippen LogP contribution in [0.2, 0.25) is 0 Å². The molecule has 1 fully saturated rings. The van der Waals surface area contributed by atoms with Crippen molar-refractivity contribution in [3.05, 3.63) is 46.1 Å². The van der Waals surface area contributed by atoms with Gasteiger partial charge in [0.15, 0.2) is 5.82 Å². The molecular formula is C19H20F2N3OS2+. The molecule has 2 aromatic heterocycles. The first-order valence-electron chi connectivity index (χ1n) is 8.82. The van der Waals surface area contributed by atoms with E-state index < -0.39 is 11.6 Å². The van der Waals surface area contributed by atoms with Crippen molar-refractivity contribution in [1.29, 1.82) is 0 Å². The van der Waals surface area contributed by atoms with E-state index in [0.29, 0.717) is 4.90 Å². The van der Waals surface area contributed by atoms with Crippen LogP contribution in [0, 0.1) is 25.5 Å². The van der Waals surface area contributed by atoms with E-state index in [-0.39, 0.29) is 0 Å². The Balaban J connectivity index is 1.74. The highest BCUT2D eigenvalue weighted by molar-refractivity contribution is 7.99. The molecule has 4 nitrogen and oxygen atoms in total. The molecule has 0 bridgehead atoms. The van der Waals surface area contributed by atoms with Crippen LogP contribution in [0.4, 0.5) is 8.78 Å². The Bertz CT molecular complexity index is 987. The van der Waals surface area contributed by atoms with E-state index in [1.165, 1.54) is 33.7 Å². The van der Waals surface area contributed by atoms with Crippen molar-refractivity contribution in [1.82, 2.24) is 9.97 Å². The Morgan fingerprint density at radius 1 is 1.19 bits per heavy atom. The number of hydrogen-bond donors (Lipinski definition) is 1. The van der Waals surface area contributed by atoms with Crippen LogP contribution in [0.5, 0.6) is 0 Å². The fourth-order valence-electron chi connectivity index (χ4n) is 3.13. The number of fused-ring (bicyclic) bond motifs is 1. The second-order valence-corrected chi connectivity index (χ2v) is 8.86. The molecule has 0 amide bonds. The lowest BCUT2D eigenvalue weighted by Gasteiger charge is -2.23. The summed E-state index contributed by atoms with van der Waals surface area (Å²) >= 11 is 2.87. The normalized spacial score (nSPS) is 15.6. The van der Waals surface area contributed by atoms with E-state index in [0.717, 1.165) is 65.5 Å². The van der Waals surface area contributed by atoms with Gasteiger partial charge in [-0.2, -0.15) is 0 Å². The molecule has 1 saturated heterocycles. The zero-order chi connectivity index (χ0) is 19.0. The molecule has 0 aliphatic carbocycles. The van der Waals surface area contributed by atoms with E-state index in [4.69, 9.17) is 14.7 Å². The molecule has 0 radical (unpaired) electrons. The molecule has 3 heterocycles. The number of morpholine rings is 1. The monoisotopic (exact) mass is 408 g/mol. The quantitative estimate of drug-likeness (QED) is 0.674. The maximum Gasteiger partial charge on any atom is 0.186 e. The van der Waals surface area contributed by atoms with Crippen LogP contribution >= 0.6 is 23.1 Å². The zero-order valence-corrected chi connectivity index (χ0v) is 16.8. The van der Waals surface area contributed by atoms with Gasteiger partial charge in [0.05, 0.1) is 13.2 Å². The van der Waals surface area contributed by atoms with Gasteiger partial charge in [0.25, 0.3) is 0 Å². The number of nitrogens with zero attached hydrogens (tertiary/aromatic N) is 2. The summed E-state index contributed by atoms with van der Waals surface area (Å²) in [5, 5.41) is 1.70. The van der Waals surface area contributed by atoms with Gasteiger partial charge in [-0.1, -0.05) is 11.8 Å². The third-order valence-corrected chi connectivity index (χ3v) is 6.89. The highest BCUT2D eigenvalue weighted by Gasteiger charge is 2.21. The summed E-state index contributed by atoms with van der Waals surface area (Å²) in [6.07, 6.45) is 0. The number of aromatic nitrogens is 2. The summed E-state index contributed by atoms with van der Waals surface area (Å²) in [6, 6.07) is 3.64. The van der Waals surface area contributed by atoms with Crippen molar-refractivity contribution in [2.24, 2.45) is 0 Å². The standard InChI is InChI=1S/C19H19F2N3OS2/c1-11-12(2)26-18-17(11)19(27-15-4-3-13(20)9-14(15)21)23-16(22-18)10-24-5-7-25-8-6-24/h3-4,9H,5-8,10H2,1-2H3/p+1. The van der Waals surface area contributed by atoms with E-state index >= 15 is 0 Å². The number of benzene rings is 1. The minimum Gasteiger partial charge on any atom is -0.370 e. The van der Waals surface area contributed by atoms with Crippen molar-refractivity contribution in [2.75, 3.05) is 26.3 Å². The molecular weight excluding hydrogens is 388 g/mol. The predicted octanol–water partition coefficient (Wildman–Crippen LogP) is 3.15. The second kappa shape index (κ2) is 7.79. The third-order valence-electron chi connectivity index (χ3n) is 4.75. The van der Waals surface area contributed by atoms with Gasteiger partial charge >= 0.3 is 0 Å². The smallest absolute Gasteiger partial charge is 0.186 e. The van der Waals surface area contributed by atoms with Crippen molar-refractivity contribution >= 4 is 33.3 Å². The van der Waals surface area contributed by atoms with Crippen molar-refractivity contribution in [3.63, 3.8) is 0 Å². The lowest BCUT2D eigenvalue weighted by molar-refractivity contribution is -0.922. The third kappa shape index (κ3) is 3.99. The van der Waals surface area contributed by atoms with E-state index in [1.807, 2.05) is 6.92 Å². The molecule has 142 valence electrons.